The smallest absolute Gasteiger partial charge is 0.267 e. The fourth-order valence-electron chi connectivity index (χ4n) is 4.68. The molecule has 0 radical (unpaired) electrons. The number of hydrogen-bond donors (Lipinski definition) is 3. The van der Waals surface area contributed by atoms with Gasteiger partial charge in [0, 0.05) is 49.8 Å². The zero-order chi connectivity index (χ0) is 22.8. The second-order valence-corrected chi connectivity index (χ2v) is 9.58. The van der Waals surface area contributed by atoms with E-state index < -0.39 is 0 Å². The van der Waals surface area contributed by atoms with Crippen molar-refractivity contribution in [2.75, 3.05) is 36.4 Å². The van der Waals surface area contributed by atoms with Crippen LogP contribution in [0.3, 0.4) is 0 Å². The van der Waals surface area contributed by atoms with E-state index in [9.17, 15) is 4.79 Å². The van der Waals surface area contributed by atoms with Crippen LogP contribution in [0.15, 0.2) is 30.6 Å². The van der Waals surface area contributed by atoms with Gasteiger partial charge < -0.3 is 25.4 Å². The van der Waals surface area contributed by atoms with Gasteiger partial charge in [0.25, 0.3) is 5.91 Å². The molecule has 0 atom stereocenters. The molecule has 1 saturated heterocycles. The number of aromatic nitrogens is 4. The normalized spacial score (nSPS) is 19.1. The highest BCUT2D eigenvalue weighted by Gasteiger charge is 2.26. The molecule has 3 N–H and O–H groups in total. The monoisotopic (exact) mass is 448 g/mol. The minimum Gasteiger partial charge on any atom is -0.367 e. The number of amides is 1. The molecule has 33 heavy (non-hydrogen) atoms. The molecule has 0 unspecified atom stereocenters. The minimum atomic E-state index is -0.0437. The quantitative estimate of drug-likeness (QED) is 0.566. The van der Waals surface area contributed by atoms with E-state index >= 15 is 0 Å². The van der Waals surface area contributed by atoms with Gasteiger partial charge in [-0.2, -0.15) is 4.98 Å². The maximum Gasteiger partial charge on any atom is 0.267 e. The third kappa shape index (κ3) is 4.78. The van der Waals surface area contributed by atoms with Gasteiger partial charge in [-0.1, -0.05) is 12.8 Å². The van der Waals surface area contributed by atoms with Crippen LogP contribution in [0.1, 0.15) is 50.0 Å². The first-order valence-electron chi connectivity index (χ1n) is 11.9. The topological polar surface area (TPSA) is 100 Å². The molecule has 3 aromatic rings. The Hall–Kier alpha value is -3.20. The molecule has 1 amide bonds. The van der Waals surface area contributed by atoms with E-state index in [1.165, 1.54) is 0 Å². The molecule has 9 nitrogen and oxygen atoms in total. The highest BCUT2D eigenvalue weighted by molar-refractivity contribution is 5.98. The molecule has 0 bridgehead atoms. The van der Waals surface area contributed by atoms with Gasteiger partial charge in [-0.3, -0.25) is 4.79 Å². The standard InChI is InChI=1S/C24H32N8O/c1-24(2)16-31(12-10-28-24)18-7-8-20(26-15-18)29-23-27-14-17-13-19-22(33)25-9-5-3-4-6-11-32(19)21(17)30-23/h7-8,13-15,28H,3-6,9-12,16H2,1-2H3,(H,25,33)(H,26,27,29,30). The average Bonchev–Trinajstić information content (AvgIpc) is 3.16. The Kier molecular flexibility index (Phi) is 5.88. The van der Waals surface area contributed by atoms with Crippen LogP contribution in [-0.2, 0) is 6.54 Å². The molecular formula is C24H32N8O. The Balaban J connectivity index is 1.36. The van der Waals surface area contributed by atoms with Crippen molar-refractivity contribution in [3.8, 4) is 0 Å². The Morgan fingerprint density at radius 3 is 2.73 bits per heavy atom. The van der Waals surface area contributed by atoms with Crippen LogP contribution in [0.5, 0.6) is 0 Å². The summed E-state index contributed by atoms with van der Waals surface area (Å²) in [7, 11) is 0. The zero-order valence-electron chi connectivity index (χ0n) is 19.4. The summed E-state index contributed by atoms with van der Waals surface area (Å²) in [4.78, 5) is 28.8. The van der Waals surface area contributed by atoms with Crippen molar-refractivity contribution in [2.24, 2.45) is 0 Å². The SMILES string of the molecule is CC1(C)CN(c2ccc(Nc3ncc4cc5n(c4n3)CCCCCCNC5=O)nc2)CCN1. The van der Waals surface area contributed by atoms with E-state index in [-0.39, 0.29) is 11.4 Å². The summed E-state index contributed by atoms with van der Waals surface area (Å²) in [6.07, 6.45) is 8.00. The van der Waals surface area contributed by atoms with Crippen molar-refractivity contribution in [1.82, 2.24) is 30.2 Å². The number of aryl methyl sites for hydroxylation is 1. The van der Waals surface area contributed by atoms with Gasteiger partial charge in [0.05, 0.1) is 11.9 Å². The molecular weight excluding hydrogens is 416 g/mol. The van der Waals surface area contributed by atoms with Crippen molar-refractivity contribution >= 4 is 34.4 Å². The van der Waals surface area contributed by atoms with Crippen LogP contribution < -0.4 is 20.9 Å². The molecule has 1 fully saturated rings. The lowest BCUT2D eigenvalue weighted by molar-refractivity contribution is 0.0942. The van der Waals surface area contributed by atoms with Gasteiger partial charge in [-0.15, -0.1) is 0 Å². The molecule has 5 heterocycles. The van der Waals surface area contributed by atoms with Crippen molar-refractivity contribution in [3.63, 3.8) is 0 Å². The lowest BCUT2D eigenvalue weighted by Crippen LogP contribution is -2.57. The summed E-state index contributed by atoms with van der Waals surface area (Å²) in [5, 5.41) is 10.6. The number of nitrogens with one attached hydrogen (secondary N) is 3. The van der Waals surface area contributed by atoms with Crippen LogP contribution in [0.4, 0.5) is 17.5 Å². The Morgan fingerprint density at radius 1 is 1.03 bits per heavy atom. The molecule has 0 aliphatic carbocycles. The van der Waals surface area contributed by atoms with Crippen LogP contribution in [-0.4, -0.2) is 57.1 Å². The number of rotatable bonds is 3. The third-order valence-corrected chi connectivity index (χ3v) is 6.39. The molecule has 174 valence electrons. The van der Waals surface area contributed by atoms with Gasteiger partial charge >= 0.3 is 0 Å². The first-order chi connectivity index (χ1) is 16.0. The van der Waals surface area contributed by atoms with Crippen LogP contribution >= 0.6 is 0 Å². The lowest BCUT2D eigenvalue weighted by atomic mass is 10.0. The van der Waals surface area contributed by atoms with Crippen molar-refractivity contribution in [3.05, 3.63) is 36.3 Å². The fraction of sp³-hybridized carbons (Fsp3) is 0.500. The van der Waals surface area contributed by atoms with E-state index in [0.29, 0.717) is 24.0 Å². The predicted molar refractivity (Wildman–Crippen MR) is 130 cm³/mol. The highest BCUT2D eigenvalue weighted by atomic mass is 16.1. The molecule has 0 aromatic carbocycles. The van der Waals surface area contributed by atoms with E-state index in [0.717, 1.165) is 68.6 Å². The van der Waals surface area contributed by atoms with E-state index in [4.69, 9.17) is 4.98 Å². The highest BCUT2D eigenvalue weighted by Crippen LogP contribution is 2.24. The summed E-state index contributed by atoms with van der Waals surface area (Å²) < 4.78 is 2.02. The largest absolute Gasteiger partial charge is 0.367 e. The summed E-state index contributed by atoms with van der Waals surface area (Å²) in [5.74, 6) is 1.13. The summed E-state index contributed by atoms with van der Waals surface area (Å²) >= 11 is 0. The van der Waals surface area contributed by atoms with Gasteiger partial charge in [0.2, 0.25) is 5.95 Å². The van der Waals surface area contributed by atoms with Gasteiger partial charge in [-0.05, 0) is 44.9 Å². The first kappa shape index (κ1) is 21.6. The summed E-state index contributed by atoms with van der Waals surface area (Å²) in [6.45, 7) is 8.78. The first-order valence-corrected chi connectivity index (χ1v) is 11.9. The van der Waals surface area contributed by atoms with Gasteiger partial charge in [-0.25, -0.2) is 9.97 Å². The molecule has 2 aliphatic heterocycles. The number of fused-ring (bicyclic) bond motifs is 3. The number of carbonyl (C=O) groups is 1. The molecule has 2 aliphatic rings. The third-order valence-electron chi connectivity index (χ3n) is 6.39. The second kappa shape index (κ2) is 8.97. The molecule has 5 rings (SSSR count). The Labute approximate surface area is 194 Å². The van der Waals surface area contributed by atoms with Crippen LogP contribution in [0.25, 0.3) is 11.0 Å². The zero-order valence-corrected chi connectivity index (χ0v) is 19.4. The maximum absolute atomic E-state index is 12.7. The number of carbonyl (C=O) groups excluding carboxylic acids is 1. The maximum atomic E-state index is 12.7. The molecule has 3 aromatic heterocycles. The number of pyridine rings is 1. The minimum absolute atomic E-state index is 0.0437. The van der Waals surface area contributed by atoms with E-state index in [2.05, 4.69) is 50.7 Å². The molecule has 0 spiro atoms. The number of nitrogens with zero attached hydrogens (tertiary/aromatic N) is 5. The number of anilines is 3. The fourth-order valence-corrected chi connectivity index (χ4v) is 4.68. The molecule has 9 heteroatoms. The van der Waals surface area contributed by atoms with Crippen molar-refractivity contribution < 1.29 is 4.79 Å². The van der Waals surface area contributed by atoms with Gasteiger partial charge in [0.15, 0.2) is 0 Å². The van der Waals surface area contributed by atoms with Gasteiger partial charge in [0.1, 0.15) is 17.2 Å². The van der Waals surface area contributed by atoms with Crippen LogP contribution in [0.2, 0.25) is 0 Å². The Morgan fingerprint density at radius 2 is 1.91 bits per heavy atom. The van der Waals surface area contributed by atoms with E-state index in [1.54, 1.807) is 6.20 Å². The Bertz CT molecular complexity index is 1140. The summed E-state index contributed by atoms with van der Waals surface area (Å²) in [6, 6.07) is 5.93. The lowest BCUT2D eigenvalue weighted by Gasteiger charge is -2.40. The second-order valence-electron chi connectivity index (χ2n) is 9.58. The number of hydrogen-bond acceptors (Lipinski definition) is 7. The summed E-state index contributed by atoms with van der Waals surface area (Å²) in [5.41, 5.74) is 2.62. The van der Waals surface area contributed by atoms with Crippen molar-refractivity contribution in [2.45, 2.75) is 51.6 Å². The average molecular weight is 449 g/mol. The number of piperazine rings is 1. The van der Waals surface area contributed by atoms with Crippen molar-refractivity contribution in [1.29, 1.82) is 0 Å². The molecule has 0 saturated carbocycles. The predicted octanol–water partition coefficient (Wildman–Crippen LogP) is 3.06. The van der Waals surface area contributed by atoms with E-state index in [1.807, 2.05) is 22.9 Å². The van der Waals surface area contributed by atoms with Crippen LogP contribution in [0, 0.1) is 0 Å².